The van der Waals surface area contributed by atoms with Crippen molar-refractivity contribution in [3.05, 3.63) is 43.8 Å². The van der Waals surface area contributed by atoms with E-state index in [9.17, 15) is 14.7 Å². The van der Waals surface area contributed by atoms with E-state index in [1.807, 2.05) is 37.5 Å². The second-order valence-corrected chi connectivity index (χ2v) is 7.41. The Bertz CT molecular complexity index is 743. The molecule has 0 saturated heterocycles. The first-order valence-electron chi connectivity index (χ1n) is 6.70. The first kappa shape index (κ1) is 16.2. The molecule has 4 nitrogen and oxygen atoms in total. The first-order valence-corrected chi connectivity index (χ1v) is 7.78. The summed E-state index contributed by atoms with van der Waals surface area (Å²) in [6.45, 7) is 5.99. The van der Waals surface area contributed by atoms with Crippen molar-refractivity contribution in [3.8, 4) is 0 Å². The van der Waals surface area contributed by atoms with Crippen LogP contribution in [0.5, 0.6) is 0 Å². The highest BCUT2D eigenvalue weighted by molar-refractivity contribution is 14.1. The minimum absolute atomic E-state index is 0.0637. The van der Waals surface area contributed by atoms with E-state index in [2.05, 4.69) is 22.6 Å². The average molecular weight is 399 g/mol. The molecule has 0 aliphatic rings. The van der Waals surface area contributed by atoms with Crippen molar-refractivity contribution in [1.82, 2.24) is 4.57 Å². The molecule has 0 saturated carbocycles. The maximum atomic E-state index is 12.3. The zero-order chi connectivity index (χ0) is 15.8. The molecule has 1 heterocycles. The molecule has 21 heavy (non-hydrogen) atoms. The van der Waals surface area contributed by atoms with Crippen LogP contribution in [0.4, 0.5) is 0 Å². The molecule has 0 unspecified atom stereocenters. The predicted octanol–water partition coefficient (Wildman–Crippen LogP) is 3.00. The topological polar surface area (TPSA) is 59.3 Å². The number of aliphatic hydroxyl groups excluding tert-OH is 1. The zero-order valence-corrected chi connectivity index (χ0v) is 14.4. The molecule has 0 radical (unpaired) electrons. The summed E-state index contributed by atoms with van der Waals surface area (Å²) in [6, 6.07) is 5.33. The number of aromatic nitrogens is 1. The van der Waals surface area contributed by atoms with Gasteiger partial charge in [0, 0.05) is 15.2 Å². The predicted molar refractivity (Wildman–Crippen MR) is 91.9 cm³/mol. The Hall–Kier alpha value is -1.21. The molecule has 0 aliphatic carbocycles. The summed E-state index contributed by atoms with van der Waals surface area (Å²) in [4.78, 5) is 23.5. The van der Waals surface area contributed by atoms with Crippen LogP contribution in [0.15, 0.2) is 29.2 Å². The summed E-state index contributed by atoms with van der Waals surface area (Å²) in [7, 11) is 0. The Morgan fingerprint density at radius 2 is 2.05 bits per heavy atom. The number of carbonyl (C=O) groups is 1. The van der Waals surface area contributed by atoms with Crippen molar-refractivity contribution >= 4 is 39.8 Å². The van der Waals surface area contributed by atoms with Gasteiger partial charge in [0.1, 0.15) is 0 Å². The Balaban J connectivity index is 2.88. The fourth-order valence-corrected chi connectivity index (χ4v) is 2.96. The number of hydrogen-bond acceptors (Lipinski definition) is 3. The number of nitrogens with zero attached hydrogens (tertiary/aromatic N) is 1. The summed E-state index contributed by atoms with van der Waals surface area (Å²) < 4.78 is 2.78. The monoisotopic (exact) mass is 399 g/mol. The van der Waals surface area contributed by atoms with Gasteiger partial charge in [-0.15, -0.1) is 0 Å². The molecule has 0 bridgehead atoms. The first-order chi connectivity index (χ1) is 9.79. The van der Waals surface area contributed by atoms with Gasteiger partial charge in [0.25, 0.3) is 0 Å². The largest absolute Gasteiger partial charge is 0.394 e. The van der Waals surface area contributed by atoms with Gasteiger partial charge >= 0.3 is 0 Å². The molecule has 0 spiro atoms. The highest BCUT2D eigenvalue weighted by Crippen LogP contribution is 2.32. The lowest BCUT2D eigenvalue weighted by molar-refractivity contribution is 0.111. The molecule has 1 N–H and O–H groups in total. The van der Waals surface area contributed by atoms with Gasteiger partial charge < -0.3 is 9.67 Å². The van der Waals surface area contributed by atoms with E-state index >= 15 is 0 Å². The second-order valence-electron chi connectivity index (χ2n) is 6.16. The van der Waals surface area contributed by atoms with E-state index < -0.39 is 0 Å². The number of aldehydes is 1. The number of benzene rings is 1. The molecule has 0 amide bonds. The fourth-order valence-electron chi connectivity index (χ4n) is 2.47. The van der Waals surface area contributed by atoms with Crippen LogP contribution in [0.3, 0.4) is 0 Å². The Morgan fingerprint density at radius 1 is 1.38 bits per heavy atom. The van der Waals surface area contributed by atoms with Crippen LogP contribution in [0.2, 0.25) is 0 Å². The van der Waals surface area contributed by atoms with Crippen LogP contribution < -0.4 is 5.43 Å². The highest BCUT2D eigenvalue weighted by Gasteiger charge is 2.27. The Morgan fingerprint density at radius 3 is 2.57 bits per heavy atom. The van der Waals surface area contributed by atoms with Crippen LogP contribution in [-0.2, 0) is 0 Å². The molecule has 2 rings (SSSR count). The fraction of sp³-hybridized carbons (Fsp3) is 0.375. The van der Waals surface area contributed by atoms with Crippen molar-refractivity contribution in [2.45, 2.75) is 26.8 Å². The number of halogens is 1. The number of rotatable bonds is 3. The van der Waals surface area contributed by atoms with Gasteiger partial charge in [-0.25, -0.2) is 0 Å². The van der Waals surface area contributed by atoms with Crippen LogP contribution in [0.1, 0.15) is 37.2 Å². The molecular formula is C16H18INO3. The van der Waals surface area contributed by atoms with Crippen LogP contribution in [0, 0.1) is 8.99 Å². The normalized spacial score (nSPS) is 13.4. The second kappa shape index (κ2) is 5.88. The number of hydrogen-bond donors (Lipinski definition) is 1. The van der Waals surface area contributed by atoms with Gasteiger partial charge in [-0.2, -0.15) is 0 Å². The Kier molecular flexibility index (Phi) is 4.53. The van der Waals surface area contributed by atoms with Gasteiger partial charge in [-0.1, -0.05) is 20.8 Å². The van der Waals surface area contributed by atoms with Crippen molar-refractivity contribution in [2.24, 2.45) is 5.41 Å². The summed E-state index contributed by atoms with van der Waals surface area (Å²) in [6.07, 6.45) is 2.13. The molecule has 112 valence electrons. The number of pyridine rings is 1. The summed E-state index contributed by atoms with van der Waals surface area (Å²) in [5.41, 5.74) is 0.382. The maximum Gasteiger partial charge on any atom is 0.199 e. The van der Waals surface area contributed by atoms with Gasteiger partial charge in [0.05, 0.1) is 23.7 Å². The van der Waals surface area contributed by atoms with Gasteiger partial charge in [-0.3, -0.25) is 9.59 Å². The molecule has 5 heteroatoms. The van der Waals surface area contributed by atoms with Crippen molar-refractivity contribution in [1.29, 1.82) is 0 Å². The zero-order valence-electron chi connectivity index (χ0n) is 12.3. The Labute approximate surface area is 136 Å². The van der Waals surface area contributed by atoms with Gasteiger partial charge in [0.15, 0.2) is 11.7 Å². The molecule has 2 aromatic rings. The van der Waals surface area contributed by atoms with Crippen molar-refractivity contribution in [3.63, 3.8) is 0 Å². The SMILES string of the molecule is CC(C)(C)[C@@H](CO)n1cc(C=O)c(=O)c2cc(I)ccc21. The molecular weight excluding hydrogens is 381 g/mol. The third-order valence-corrected chi connectivity index (χ3v) is 4.33. The van der Waals surface area contributed by atoms with Crippen LogP contribution >= 0.6 is 22.6 Å². The number of fused-ring (bicyclic) bond motifs is 1. The third-order valence-electron chi connectivity index (χ3n) is 3.66. The van der Waals surface area contributed by atoms with E-state index in [0.29, 0.717) is 11.7 Å². The minimum atomic E-state index is -0.264. The number of carbonyl (C=O) groups excluding carboxylic acids is 1. The summed E-state index contributed by atoms with van der Waals surface area (Å²) in [5, 5.41) is 10.3. The van der Waals surface area contributed by atoms with Crippen molar-refractivity contribution < 1.29 is 9.90 Å². The molecule has 0 aliphatic heterocycles. The molecule has 1 aromatic heterocycles. The quantitative estimate of drug-likeness (QED) is 0.638. The molecule has 1 aromatic carbocycles. The van der Waals surface area contributed by atoms with E-state index in [1.54, 1.807) is 12.3 Å². The number of aliphatic hydroxyl groups is 1. The van der Waals surface area contributed by atoms with E-state index in [0.717, 1.165) is 9.09 Å². The van der Waals surface area contributed by atoms with Gasteiger partial charge in [-0.05, 0) is 46.2 Å². The van der Waals surface area contributed by atoms with Crippen molar-refractivity contribution in [2.75, 3.05) is 6.61 Å². The smallest absolute Gasteiger partial charge is 0.199 e. The lowest BCUT2D eigenvalue weighted by Gasteiger charge is -2.32. The summed E-state index contributed by atoms with van der Waals surface area (Å²) in [5.74, 6) is 0. The van der Waals surface area contributed by atoms with Gasteiger partial charge in [0.2, 0.25) is 0 Å². The average Bonchev–Trinajstić information content (AvgIpc) is 2.40. The van der Waals surface area contributed by atoms with Crippen LogP contribution in [-0.4, -0.2) is 22.6 Å². The molecule has 1 atom stereocenters. The minimum Gasteiger partial charge on any atom is -0.394 e. The van der Waals surface area contributed by atoms with E-state index in [1.165, 1.54) is 0 Å². The van der Waals surface area contributed by atoms with Crippen LogP contribution in [0.25, 0.3) is 10.9 Å². The standard InChI is InChI=1S/C16H18INO3/c1-16(2,3)14(9-20)18-7-10(8-19)15(21)12-6-11(17)4-5-13(12)18/h4-8,14,20H,9H2,1-3H3/t14-/m1/s1. The maximum absolute atomic E-state index is 12.3. The lowest BCUT2D eigenvalue weighted by Crippen LogP contribution is -2.29. The lowest BCUT2D eigenvalue weighted by atomic mass is 9.86. The van der Waals surface area contributed by atoms with E-state index in [4.69, 9.17) is 0 Å². The highest BCUT2D eigenvalue weighted by atomic mass is 127. The molecule has 0 fully saturated rings. The van der Waals surface area contributed by atoms with E-state index in [-0.39, 0.29) is 29.1 Å². The summed E-state index contributed by atoms with van der Waals surface area (Å²) >= 11 is 2.14. The third kappa shape index (κ3) is 3.03.